The summed E-state index contributed by atoms with van der Waals surface area (Å²) in [5.74, 6) is -0.698. The molecule has 0 aliphatic carbocycles. The highest BCUT2D eigenvalue weighted by atomic mass is 19.4. The quantitative estimate of drug-likeness (QED) is 0.529. The number of fused-ring (bicyclic) bond motifs is 1. The maximum Gasteiger partial charge on any atom is 0.573 e. The molecule has 0 radical (unpaired) electrons. The Morgan fingerprint density at radius 2 is 1.90 bits per heavy atom. The number of hydrogen-bond donors (Lipinski definition) is 1. The van der Waals surface area contributed by atoms with Crippen LogP contribution in [-0.2, 0) is 0 Å². The predicted octanol–water partition coefficient (Wildman–Crippen LogP) is 3.95. The molecule has 4 rings (SSSR count). The van der Waals surface area contributed by atoms with E-state index in [0.717, 1.165) is 0 Å². The molecule has 0 aliphatic rings. The Bertz CT molecular complexity index is 1270. The number of anilines is 1. The first-order valence-corrected chi connectivity index (χ1v) is 9.04. The van der Waals surface area contributed by atoms with Crippen molar-refractivity contribution >= 4 is 17.4 Å². The van der Waals surface area contributed by atoms with Crippen LogP contribution >= 0.6 is 0 Å². The second-order valence-corrected chi connectivity index (χ2v) is 6.60. The summed E-state index contributed by atoms with van der Waals surface area (Å²) in [5.41, 5.74) is 1.86. The van der Waals surface area contributed by atoms with E-state index in [1.165, 1.54) is 28.9 Å². The Labute approximate surface area is 173 Å². The van der Waals surface area contributed by atoms with E-state index in [-0.39, 0.29) is 22.8 Å². The van der Waals surface area contributed by atoms with Gasteiger partial charge in [-0.1, -0.05) is 12.1 Å². The van der Waals surface area contributed by atoms with Gasteiger partial charge >= 0.3 is 6.36 Å². The number of nitrogens with one attached hydrogen (secondary N) is 1. The summed E-state index contributed by atoms with van der Waals surface area (Å²) in [7, 11) is 0. The van der Waals surface area contributed by atoms with E-state index >= 15 is 0 Å². The van der Waals surface area contributed by atoms with Crippen LogP contribution in [0.3, 0.4) is 0 Å². The molecular formula is C20H15F3N6O2. The summed E-state index contributed by atoms with van der Waals surface area (Å²) >= 11 is 0. The van der Waals surface area contributed by atoms with Gasteiger partial charge in [-0.2, -0.15) is 10.2 Å². The Morgan fingerprint density at radius 1 is 1.13 bits per heavy atom. The lowest BCUT2D eigenvalue weighted by Crippen LogP contribution is -2.18. The van der Waals surface area contributed by atoms with Crippen LogP contribution in [0.5, 0.6) is 5.75 Å². The molecule has 4 aromatic rings. The molecule has 0 spiro atoms. The van der Waals surface area contributed by atoms with E-state index in [0.29, 0.717) is 16.9 Å². The summed E-state index contributed by atoms with van der Waals surface area (Å²) in [4.78, 5) is 17.3. The lowest BCUT2D eigenvalue weighted by atomic mass is 10.1. The van der Waals surface area contributed by atoms with Gasteiger partial charge in [0, 0.05) is 11.8 Å². The van der Waals surface area contributed by atoms with Crippen molar-refractivity contribution in [2.45, 2.75) is 20.2 Å². The normalized spacial score (nSPS) is 11.5. The average molecular weight is 428 g/mol. The summed E-state index contributed by atoms with van der Waals surface area (Å²) in [6.07, 6.45) is -3.39. The molecule has 8 nitrogen and oxygen atoms in total. The molecule has 0 saturated heterocycles. The number of carbonyl (C=O) groups excluding carboxylic acids is 1. The molecule has 11 heteroatoms. The number of rotatable bonds is 4. The molecule has 1 aromatic carbocycles. The van der Waals surface area contributed by atoms with Gasteiger partial charge in [-0.05, 0) is 49.7 Å². The molecule has 0 unspecified atom stereocenters. The zero-order valence-corrected chi connectivity index (χ0v) is 16.3. The second-order valence-electron chi connectivity index (χ2n) is 6.60. The fourth-order valence-electron chi connectivity index (χ4n) is 3.10. The molecule has 0 bridgehead atoms. The summed E-state index contributed by atoms with van der Waals surface area (Å²) < 4.78 is 43.9. The highest BCUT2D eigenvalue weighted by molar-refractivity contribution is 6.03. The van der Waals surface area contributed by atoms with Crippen LogP contribution in [-0.4, -0.2) is 37.1 Å². The van der Waals surface area contributed by atoms with E-state index in [1.54, 1.807) is 38.1 Å². The number of hydrogen-bond acceptors (Lipinski definition) is 6. The first kappa shape index (κ1) is 20.3. The van der Waals surface area contributed by atoms with Gasteiger partial charge in [0.2, 0.25) is 0 Å². The van der Waals surface area contributed by atoms with Crippen molar-refractivity contribution in [3.8, 4) is 17.0 Å². The molecule has 0 atom stereocenters. The zero-order valence-electron chi connectivity index (χ0n) is 16.3. The topological polar surface area (TPSA) is 94.3 Å². The fraction of sp³-hybridized carbons (Fsp3) is 0.150. The van der Waals surface area contributed by atoms with E-state index in [4.69, 9.17) is 0 Å². The molecule has 3 heterocycles. The fourth-order valence-corrected chi connectivity index (χ4v) is 3.10. The van der Waals surface area contributed by atoms with Crippen LogP contribution in [0.2, 0.25) is 0 Å². The van der Waals surface area contributed by atoms with Crippen LogP contribution in [0.1, 0.15) is 21.7 Å². The third-order valence-electron chi connectivity index (χ3n) is 4.36. The highest BCUT2D eigenvalue weighted by Gasteiger charge is 2.32. The van der Waals surface area contributed by atoms with Crippen molar-refractivity contribution in [1.29, 1.82) is 0 Å². The van der Waals surface area contributed by atoms with Crippen molar-refractivity contribution in [2.24, 2.45) is 0 Å². The van der Waals surface area contributed by atoms with E-state index in [1.807, 2.05) is 0 Å². The summed E-state index contributed by atoms with van der Waals surface area (Å²) in [5, 5.41) is 14.5. The minimum Gasteiger partial charge on any atom is -0.405 e. The number of nitrogens with zero attached hydrogens (tertiary/aromatic N) is 5. The molecular weight excluding hydrogens is 413 g/mol. The van der Waals surface area contributed by atoms with Crippen LogP contribution in [0.4, 0.5) is 19.0 Å². The van der Waals surface area contributed by atoms with Crippen molar-refractivity contribution in [2.75, 3.05) is 5.32 Å². The zero-order chi connectivity index (χ0) is 22.2. The Balaban J connectivity index is 1.82. The molecule has 31 heavy (non-hydrogen) atoms. The molecule has 1 N–H and O–H groups in total. The van der Waals surface area contributed by atoms with Gasteiger partial charge in [0.25, 0.3) is 5.91 Å². The van der Waals surface area contributed by atoms with Crippen LogP contribution < -0.4 is 10.1 Å². The first-order chi connectivity index (χ1) is 14.7. The van der Waals surface area contributed by atoms with Gasteiger partial charge < -0.3 is 10.1 Å². The third-order valence-corrected chi connectivity index (χ3v) is 4.36. The number of halogens is 3. The molecule has 158 valence electrons. The third kappa shape index (κ3) is 4.15. The Hall–Kier alpha value is -4.02. The SMILES string of the molecule is Cc1nc2c(C)cc(-c3ccccc3OC(F)(F)F)nn2c1C(=O)Nc1cccnn1. The number of imidazole rings is 1. The molecule has 3 aromatic heterocycles. The number of carbonyl (C=O) groups is 1. The standard InChI is InChI=1S/C20H15F3N6O2/c1-11-10-14(13-6-3-4-7-15(13)31-20(21,22)23)28-29-17(12(2)25-18(11)29)19(30)26-16-8-5-9-24-27-16/h3-10H,1-2H3,(H,26,27,30). The number of amides is 1. The number of aryl methyl sites for hydroxylation is 2. The van der Waals surface area contributed by atoms with Crippen LogP contribution in [0.15, 0.2) is 48.7 Å². The monoisotopic (exact) mass is 428 g/mol. The Morgan fingerprint density at radius 3 is 2.61 bits per heavy atom. The Kier molecular flexibility index (Phi) is 5.01. The molecule has 0 saturated carbocycles. The van der Waals surface area contributed by atoms with E-state index in [2.05, 4.69) is 30.3 Å². The number of aromatic nitrogens is 5. The van der Waals surface area contributed by atoms with Crippen molar-refractivity contribution in [1.82, 2.24) is 24.8 Å². The van der Waals surface area contributed by atoms with E-state index in [9.17, 15) is 18.0 Å². The summed E-state index contributed by atoms with van der Waals surface area (Å²) in [6.45, 7) is 3.37. The van der Waals surface area contributed by atoms with Gasteiger partial charge in [0.15, 0.2) is 17.2 Å². The van der Waals surface area contributed by atoms with Gasteiger partial charge in [-0.25, -0.2) is 9.50 Å². The maximum atomic E-state index is 12.9. The van der Waals surface area contributed by atoms with Crippen molar-refractivity contribution < 1.29 is 22.7 Å². The van der Waals surface area contributed by atoms with Crippen LogP contribution in [0.25, 0.3) is 16.9 Å². The lowest BCUT2D eigenvalue weighted by Gasteiger charge is -2.13. The minimum absolute atomic E-state index is 0.122. The first-order valence-electron chi connectivity index (χ1n) is 9.04. The van der Waals surface area contributed by atoms with Gasteiger partial charge in [0.05, 0.1) is 11.4 Å². The molecule has 1 amide bonds. The maximum absolute atomic E-state index is 12.9. The number of alkyl halides is 3. The smallest absolute Gasteiger partial charge is 0.405 e. The van der Waals surface area contributed by atoms with Crippen LogP contribution in [0, 0.1) is 13.8 Å². The molecule has 0 aliphatic heterocycles. The average Bonchev–Trinajstić information content (AvgIpc) is 3.04. The van der Waals surface area contributed by atoms with Crippen molar-refractivity contribution in [3.63, 3.8) is 0 Å². The molecule has 0 fully saturated rings. The highest BCUT2D eigenvalue weighted by Crippen LogP contribution is 2.33. The lowest BCUT2D eigenvalue weighted by molar-refractivity contribution is -0.274. The number of ether oxygens (including phenoxy) is 1. The van der Waals surface area contributed by atoms with Gasteiger partial charge in [0.1, 0.15) is 5.75 Å². The number of benzene rings is 1. The second kappa shape index (κ2) is 7.67. The van der Waals surface area contributed by atoms with Gasteiger partial charge in [-0.15, -0.1) is 18.3 Å². The van der Waals surface area contributed by atoms with E-state index < -0.39 is 18.0 Å². The largest absolute Gasteiger partial charge is 0.573 e. The van der Waals surface area contributed by atoms with Gasteiger partial charge in [-0.3, -0.25) is 4.79 Å². The summed E-state index contributed by atoms with van der Waals surface area (Å²) in [6, 6.07) is 10.4. The number of para-hydroxylation sites is 1. The predicted molar refractivity (Wildman–Crippen MR) is 105 cm³/mol. The minimum atomic E-state index is -4.86. The van der Waals surface area contributed by atoms with Crippen molar-refractivity contribution in [3.05, 3.63) is 65.6 Å².